The maximum Gasteiger partial charge on any atom is 0.165 e. The molecule has 102 valence electrons. The van der Waals surface area contributed by atoms with Gasteiger partial charge in [0.25, 0.3) is 0 Å². The van der Waals surface area contributed by atoms with Crippen molar-refractivity contribution in [3.05, 3.63) is 45.7 Å². The van der Waals surface area contributed by atoms with Crippen LogP contribution in [-0.2, 0) is 6.54 Å². The molecule has 0 amide bonds. The molecule has 1 aromatic heterocycles. The second-order valence-corrected chi connectivity index (χ2v) is 5.66. The Balaban J connectivity index is 1.99. The van der Waals surface area contributed by atoms with Crippen molar-refractivity contribution in [2.45, 2.75) is 26.4 Å². The number of aryl methyl sites for hydroxylation is 1. The molecule has 0 aliphatic carbocycles. The molecular weight excluding hydrogens is 263 g/mol. The molecule has 0 saturated carbocycles. The van der Waals surface area contributed by atoms with Gasteiger partial charge in [-0.25, -0.2) is 9.37 Å². The van der Waals surface area contributed by atoms with E-state index in [1.807, 2.05) is 26.1 Å². The highest BCUT2D eigenvalue weighted by Gasteiger charge is 2.09. The first-order chi connectivity index (χ1) is 9.10. The summed E-state index contributed by atoms with van der Waals surface area (Å²) >= 11 is 1.67. The Kier molecular flexibility index (Phi) is 4.50. The summed E-state index contributed by atoms with van der Waals surface area (Å²) in [6.45, 7) is 4.73. The molecule has 5 heteroatoms. The van der Waals surface area contributed by atoms with E-state index in [-0.39, 0.29) is 17.6 Å². The first kappa shape index (κ1) is 14.0. The maximum absolute atomic E-state index is 13.6. The third-order valence-electron chi connectivity index (χ3n) is 2.93. The quantitative estimate of drug-likeness (QED) is 0.911. The highest BCUT2D eigenvalue weighted by molar-refractivity contribution is 7.11. The van der Waals surface area contributed by atoms with Crippen molar-refractivity contribution >= 4 is 11.3 Å². The molecule has 3 nitrogen and oxygen atoms in total. The molecule has 1 heterocycles. The second kappa shape index (κ2) is 6.12. The van der Waals surface area contributed by atoms with Crippen LogP contribution in [0, 0.1) is 12.7 Å². The van der Waals surface area contributed by atoms with Crippen molar-refractivity contribution in [3.8, 4) is 5.75 Å². The van der Waals surface area contributed by atoms with Crippen LogP contribution in [0.15, 0.2) is 24.4 Å². The average molecular weight is 280 g/mol. The van der Waals surface area contributed by atoms with Crippen molar-refractivity contribution in [2.24, 2.45) is 0 Å². The van der Waals surface area contributed by atoms with Crippen molar-refractivity contribution in [1.82, 2.24) is 10.3 Å². The summed E-state index contributed by atoms with van der Waals surface area (Å²) in [7, 11) is 1.46. The SMILES string of the molecule is COc1ccc(C(C)NCc2cnc(C)s2)cc1F. The first-order valence-corrected chi connectivity index (χ1v) is 6.90. The predicted molar refractivity (Wildman–Crippen MR) is 75.1 cm³/mol. The van der Waals surface area contributed by atoms with E-state index >= 15 is 0 Å². The summed E-state index contributed by atoms with van der Waals surface area (Å²) in [5.41, 5.74) is 0.902. The van der Waals surface area contributed by atoms with Crippen molar-refractivity contribution in [1.29, 1.82) is 0 Å². The molecule has 2 rings (SSSR count). The molecule has 1 aromatic carbocycles. The van der Waals surface area contributed by atoms with Crippen LogP contribution in [0.2, 0.25) is 0 Å². The Bertz CT molecular complexity index is 556. The van der Waals surface area contributed by atoms with Crippen LogP contribution in [0.1, 0.15) is 28.4 Å². The first-order valence-electron chi connectivity index (χ1n) is 6.08. The smallest absolute Gasteiger partial charge is 0.165 e. The Morgan fingerprint density at radius 3 is 2.84 bits per heavy atom. The molecule has 0 bridgehead atoms. The topological polar surface area (TPSA) is 34.1 Å². The second-order valence-electron chi connectivity index (χ2n) is 4.34. The zero-order valence-corrected chi connectivity index (χ0v) is 12.1. The van der Waals surface area contributed by atoms with Gasteiger partial charge in [0.05, 0.1) is 12.1 Å². The van der Waals surface area contributed by atoms with E-state index in [4.69, 9.17) is 4.74 Å². The Morgan fingerprint density at radius 1 is 1.47 bits per heavy atom. The number of methoxy groups -OCH3 is 1. The normalized spacial score (nSPS) is 12.4. The van der Waals surface area contributed by atoms with Crippen LogP contribution >= 0.6 is 11.3 Å². The molecule has 0 spiro atoms. The van der Waals surface area contributed by atoms with E-state index in [1.165, 1.54) is 18.1 Å². The van der Waals surface area contributed by atoms with Gasteiger partial charge in [0.2, 0.25) is 0 Å². The number of nitrogens with zero attached hydrogens (tertiary/aromatic N) is 1. The van der Waals surface area contributed by atoms with Crippen LogP contribution in [0.25, 0.3) is 0 Å². The molecular formula is C14H17FN2OS. The van der Waals surface area contributed by atoms with Gasteiger partial charge in [0.1, 0.15) is 0 Å². The Labute approximate surface area is 116 Å². The minimum absolute atomic E-state index is 0.0720. The highest BCUT2D eigenvalue weighted by Crippen LogP contribution is 2.22. The van der Waals surface area contributed by atoms with E-state index in [1.54, 1.807) is 17.4 Å². The zero-order chi connectivity index (χ0) is 13.8. The van der Waals surface area contributed by atoms with Crippen LogP contribution in [0.4, 0.5) is 4.39 Å². The van der Waals surface area contributed by atoms with Gasteiger partial charge < -0.3 is 10.1 Å². The van der Waals surface area contributed by atoms with Gasteiger partial charge >= 0.3 is 0 Å². The zero-order valence-electron chi connectivity index (χ0n) is 11.2. The van der Waals surface area contributed by atoms with E-state index in [0.29, 0.717) is 0 Å². The lowest BCUT2D eigenvalue weighted by atomic mass is 10.1. The fraction of sp³-hybridized carbons (Fsp3) is 0.357. The monoisotopic (exact) mass is 280 g/mol. The van der Waals surface area contributed by atoms with Crippen molar-refractivity contribution in [3.63, 3.8) is 0 Å². The van der Waals surface area contributed by atoms with Crippen LogP contribution in [0.3, 0.4) is 0 Å². The number of hydrogen-bond acceptors (Lipinski definition) is 4. The number of benzene rings is 1. The molecule has 0 radical (unpaired) electrons. The van der Waals surface area contributed by atoms with Crippen LogP contribution < -0.4 is 10.1 Å². The Hall–Kier alpha value is -1.46. The molecule has 1 N–H and O–H groups in total. The number of thiazole rings is 1. The third kappa shape index (κ3) is 3.52. The standard InChI is InChI=1S/C14H17FN2OS/c1-9(16-7-12-8-17-10(2)19-12)11-4-5-14(18-3)13(15)6-11/h4-6,8-9,16H,7H2,1-3H3. The van der Waals surface area contributed by atoms with E-state index < -0.39 is 0 Å². The van der Waals surface area contributed by atoms with Gasteiger partial charge in [-0.15, -0.1) is 11.3 Å². The summed E-state index contributed by atoms with van der Waals surface area (Å²) in [4.78, 5) is 5.39. The number of halogens is 1. The summed E-state index contributed by atoms with van der Waals surface area (Å²) in [6.07, 6.45) is 1.87. The van der Waals surface area contributed by atoms with Crippen molar-refractivity contribution < 1.29 is 9.13 Å². The van der Waals surface area contributed by atoms with Crippen LogP contribution in [-0.4, -0.2) is 12.1 Å². The van der Waals surface area contributed by atoms with Gasteiger partial charge in [-0.1, -0.05) is 6.07 Å². The van der Waals surface area contributed by atoms with Gasteiger partial charge in [-0.05, 0) is 31.5 Å². The highest BCUT2D eigenvalue weighted by atomic mass is 32.1. The molecule has 1 unspecified atom stereocenters. The largest absolute Gasteiger partial charge is 0.494 e. The van der Waals surface area contributed by atoms with Gasteiger partial charge in [0, 0.05) is 23.7 Å². The maximum atomic E-state index is 13.6. The fourth-order valence-electron chi connectivity index (χ4n) is 1.81. The van der Waals surface area contributed by atoms with Gasteiger partial charge in [0.15, 0.2) is 11.6 Å². The minimum Gasteiger partial charge on any atom is -0.494 e. The molecule has 2 aromatic rings. The molecule has 1 atom stereocenters. The third-order valence-corrected chi connectivity index (χ3v) is 3.84. The van der Waals surface area contributed by atoms with E-state index in [0.717, 1.165) is 17.1 Å². The number of hydrogen-bond donors (Lipinski definition) is 1. The predicted octanol–water partition coefficient (Wildman–Crippen LogP) is 3.45. The summed E-state index contributed by atoms with van der Waals surface area (Å²) in [6, 6.07) is 5.11. The molecule has 0 fully saturated rings. The average Bonchev–Trinajstić information content (AvgIpc) is 2.81. The molecule has 19 heavy (non-hydrogen) atoms. The molecule has 0 aliphatic rings. The molecule has 0 saturated heterocycles. The van der Waals surface area contributed by atoms with E-state index in [9.17, 15) is 4.39 Å². The van der Waals surface area contributed by atoms with Crippen LogP contribution in [0.5, 0.6) is 5.75 Å². The number of rotatable bonds is 5. The minimum atomic E-state index is -0.331. The fourth-order valence-corrected chi connectivity index (χ4v) is 2.56. The Morgan fingerprint density at radius 2 is 2.26 bits per heavy atom. The summed E-state index contributed by atoms with van der Waals surface area (Å²) in [5, 5.41) is 4.41. The van der Waals surface area contributed by atoms with E-state index in [2.05, 4.69) is 10.3 Å². The number of nitrogens with one attached hydrogen (secondary N) is 1. The number of aromatic nitrogens is 1. The van der Waals surface area contributed by atoms with Crippen molar-refractivity contribution in [2.75, 3.05) is 7.11 Å². The lowest BCUT2D eigenvalue weighted by Crippen LogP contribution is -2.17. The number of ether oxygens (including phenoxy) is 1. The summed E-state index contributed by atoms with van der Waals surface area (Å²) in [5.74, 6) is -0.0590. The lowest BCUT2D eigenvalue weighted by molar-refractivity contribution is 0.385. The van der Waals surface area contributed by atoms with Gasteiger partial charge in [-0.3, -0.25) is 0 Å². The summed E-state index contributed by atoms with van der Waals surface area (Å²) < 4.78 is 18.5. The lowest BCUT2D eigenvalue weighted by Gasteiger charge is -2.14. The van der Waals surface area contributed by atoms with Gasteiger partial charge in [-0.2, -0.15) is 0 Å². The molecule has 0 aliphatic heterocycles.